The first kappa shape index (κ1) is 14.6. The quantitative estimate of drug-likeness (QED) is 0.437. The second kappa shape index (κ2) is 8.56. The Hall–Kier alpha value is -1.51. The molecule has 3 nitrogen and oxygen atoms in total. The van der Waals surface area contributed by atoms with Crippen LogP contribution in [0.1, 0.15) is 44.1 Å². The number of anilines is 1. The Morgan fingerprint density at radius 1 is 1.06 bits per heavy atom. The van der Waals surface area contributed by atoms with Crippen LogP contribution in [0.4, 0.5) is 5.69 Å². The molecular formula is C15H23NO2. The summed E-state index contributed by atoms with van der Waals surface area (Å²) in [5.74, 6) is -0.100. The summed E-state index contributed by atoms with van der Waals surface area (Å²) in [6.45, 7) is 0. The van der Waals surface area contributed by atoms with Crippen molar-refractivity contribution in [1.82, 2.24) is 0 Å². The molecule has 1 rings (SSSR count). The zero-order chi connectivity index (χ0) is 13.2. The Morgan fingerprint density at radius 3 is 2.33 bits per heavy atom. The van der Waals surface area contributed by atoms with E-state index >= 15 is 0 Å². The molecule has 0 atom stereocenters. The van der Waals surface area contributed by atoms with E-state index in [9.17, 15) is 4.79 Å². The lowest BCUT2D eigenvalue weighted by Crippen LogP contribution is -1.99. The molecule has 0 radical (unpaired) electrons. The number of methoxy groups -OCH3 is 1. The van der Waals surface area contributed by atoms with E-state index in [-0.39, 0.29) is 5.97 Å². The monoisotopic (exact) mass is 249 g/mol. The number of hydrogen-bond acceptors (Lipinski definition) is 3. The van der Waals surface area contributed by atoms with Crippen molar-refractivity contribution in [3.05, 3.63) is 29.8 Å². The van der Waals surface area contributed by atoms with Gasteiger partial charge in [-0.2, -0.15) is 0 Å². The molecule has 0 bridgehead atoms. The van der Waals surface area contributed by atoms with Gasteiger partial charge in [0.05, 0.1) is 7.11 Å². The number of ether oxygens (including phenoxy) is 1. The molecule has 0 spiro atoms. The van der Waals surface area contributed by atoms with Crippen molar-refractivity contribution < 1.29 is 9.53 Å². The van der Waals surface area contributed by atoms with Crippen LogP contribution in [0, 0.1) is 0 Å². The molecule has 18 heavy (non-hydrogen) atoms. The van der Waals surface area contributed by atoms with Gasteiger partial charge in [0, 0.05) is 12.1 Å². The first-order valence-electron chi connectivity index (χ1n) is 6.63. The van der Waals surface area contributed by atoms with Gasteiger partial charge < -0.3 is 10.5 Å². The SMILES string of the molecule is COC(=O)CCCCCCCc1ccc(N)cc1. The maximum atomic E-state index is 10.9. The van der Waals surface area contributed by atoms with E-state index in [4.69, 9.17) is 5.73 Å². The lowest BCUT2D eigenvalue weighted by atomic mass is 10.0. The standard InChI is InChI=1S/C15H23NO2/c1-18-15(17)8-6-4-2-3-5-7-13-9-11-14(16)12-10-13/h9-12H,2-8,16H2,1H3. The summed E-state index contributed by atoms with van der Waals surface area (Å²) in [5, 5.41) is 0. The van der Waals surface area contributed by atoms with Gasteiger partial charge in [-0.15, -0.1) is 0 Å². The third-order valence-electron chi connectivity index (χ3n) is 3.05. The highest BCUT2D eigenvalue weighted by atomic mass is 16.5. The average molecular weight is 249 g/mol. The Labute approximate surface area is 109 Å². The van der Waals surface area contributed by atoms with Crippen LogP contribution in [-0.2, 0) is 16.0 Å². The van der Waals surface area contributed by atoms with Crippen LogP contribution >= 0.6 is 0 Å². The molecule has 0 fully saturated rings. The Kier molecular flexibility index (Phi) is 6.92. The molecular weight excluding hydrogens is 226 g/mol. The fourth-order valence-electron chi connectivity index (χ4n) is 1.92. The van der Waals surface area contributed by atoms with E-state index in [2.05, 4.69) is 16.9 Å². The molecule has 0 aliphatic carbocycles. The van der Waals surface area contributed by atoms with Crippen molar-refractivity contribution in [3.63, 3.8) is 0 Å². The van der Waals surface area contributed by atoms with E-state index < -0.39 is 0 Å². The molecule has 0 saturated carbocycles. The van der Waals surface area contributed by atoms with Gasteiger partial charge in [0.2, 0.25) is 0 Å². The van der Waals surface area contributed by atoms with Crippen LogP contribution in [0.2, 0.25) is 0 Å². The third kappa shape index (κ3) is 6.28. The number of nitrogens with two attached hydrogens (primary N) is 1. The Balaban J connectivity index is 1.99. The second-order valence-corrected chi connectivity index (χ2v) is 4.59. The molecule has 1 aromatic carbocycles. The molecule has 2 N–H and O–H groups in total. The zero-order valence-corrected chi connectivity index (χ0v) is 11.2. The van der Waals surface area contributed by atoms with Gasteiger partial charge in [0.1, 0.15) is 0 Å². The van der Waals surface area contributed by atoms with Crippen LogP contribution < -0.4 is 5.73 Å². The largest absolute Gasteiger partial charge is 0.469 e. The summed E-state index contributed by atoms with van der Waals surface area (Å²) < 4.78 is 4.60. The van der Waals surface area contributed by atoms with Gasteiger partial charge in [-0.1, -0.05) is 31.4 Å². The van der Waals surface area contributed by atoms with Crippen LogP contribution in [-0.4, -0.2) is 13.1 Å². The number of hydrogen-bond donors (Lipinski definition) is 1. The fourth-order valence-corrected chi connectivity index (χ4v) is 1.92. The molecule has 1 aromatic rings. The van der Waals surface area contributed by atoms with Gasteiger partial charge in [0.25, 0.3) is 0 Å². The van der Waals surface area contributed by atoms with Crippen LogP contribution in [0.3, 0.4) is 0 Å². The van der Waals surface area contributed by atoms with Crippen molar-refractivity contribution in [3.8, 4) is 0 Å². The van der Waals surface area contributed by atoms with Crippen molar-refractivity contribution in [1.29, 1.82) is 0 Å². The van der Waals surface area contributed by atoms with Gasteiger partial charge in [-0.25, -0.2) is 0 Å². The minimum absolute atomic E-state index is 0.100. The molecule has 3 heteroatoms. The molecule has 0 unspecified atom stereocenters. The lowest BCUT2D eigenvalue weighted by molar-refractivity contribution is -0.140. The topological polar surface area (TPSA) is 52.3 Å². The van der Waals surface area contributed by atoms with Crippen LogP contribution in [0.15, 0.2) is 24.3 Å². The minimum atomic E-state index is -0.100. The van der Waals surface area contributed by atoms with Crippen molar-refractivity contribution in [2.45, 2.75) is 44.9 Å². The Bertz CT molecular complexity index is 346. The average Bonchev–Trinajstić information content (AvgIpc) is 2.39. The van der Waals surface area contributed by atoms with Crippen molar-refractivity contribution >= 4 is 11.7 Å². The summed E-state index contributed by atoms with van der Waals surface area (Å²) in [4.78, 5) is 10.9. The third-order valence-corrected chi connectivity index (χ3v) is 3.05. The first-order valence-corrected chi connectivity index (χ1v) is 6.63. The molecule has 0 amide bonds. The highest BCUT2D eigenvalue weighted by Crippen LogP contribution is 2.11. The predicted octanol–water partition coefficient (Wildman–Crippen LogP) is 3.32. The van der Waals surface area contributed by atoms with Crippen molar-refractivity contribution in [2.24, 2.45) is 0 Å². The van der Waals surface area contributed by atoms with Crippen LogP contribution in [0.5, 0.6) is 0 Å². The fraction of sp³-hybridized carbons (Fsp3) is 0.533. The summed E-state index contributed by atoms with van der Waals surface area (Å²) >= 11 is 0. The molecule has 0 aliphatic heterocycles. The van der Waals surface area contributed by atoms with E-state index in [1.54, 1.807) is 0 Å². The lowest BCUT2D eigenvalue weighted by Gasteiger charge is -2.03. The normalized spacial score (nSPS) is 10.3. The number of benzene rings is 1. The molecule has 0 aliphatic rings. The van der Waals surface area contributed by atoms with E-state index in [1.165, 1.54) is 31.9 Å². The summed E-state index contributed by atoms with van der Waals surface area (Å²) in [7, 11) is 1.44. The number of rotatable bonds is 8. The van der Waals surface area contributed by atoms with Crippen molar-refractivity contribution in [2.75, 3.05) is 12.8 Å². The highest BCUT2D eigenvalue weighted by Gasteiger charge is 1.99. The number of esters is 1. The van der Waals surface area contributed by atoms with E-state index in [0.717, 1.165) is 24.9 Å². The smallest absolute Gasteiger partial charge is 0.305 e. The number of unbranched alkanes of at least 4 members (excludes halogenated alkanes) is 4. The predicted molar refractivity (Wildman–Crippen MR) is 74.3 cm³/mol. The zero-order valence-electron chi connectivity index (χ0n) is 11.2. The maximum Gasteiger partial charge on any atom is 0.305 e. The van der Waals surface area contributed by atoms with E-state index in [0.29, 0.717) is 6.42 Å². The minimum Gasteiger partial charge on any atom is -0.469 e. The molecule has 0 saturated heterocycles. The molecule has 0 aromatic heterocycles. The highest BCUT2D eigenvalue weighted by molar-refractivity contribution is 5.68. The maximum absolute atomic E-state index is 10.9. The van der Waals surface area contributed by atoms with Gasteiger partial charge in [0.15, 0.2) is 0 Å². The Morgan fingerprint density at radius 2 is 1.67 bits per heavy atom. The number of aryl methyl sites for hydroxylation is 1. The summed E-state index contributed by atoms with van der Waals surface area (Å²) in [6.07, 6.45) is 7.30. The number of nitrogen functional groups attached to an aromatic ring is 1. The van der Waals surface area contributed by atoms with Gasteiger partial charge in [-0.3, -0.25) is 4.79 Å². The summed E-state index contributed by atoms with van der Waals surface area (Å²) in [6, 6.07) is 8.08. The molecule has 0 heterocycles. The summed E-state index contributed by atoms with van der Waals surface area (Å²) in [5.41, 5.74) is 7.80. The van der Waals surface area contributed by atoms with Crippen LogP contribution in [0.25, 0.3) is 0 Å². The van der Waals surface area contributed by atoms with E-state index in [1.807, 2.05) is 12.1 Å². The van der Waals surface area contributed by atoms with Gasteiger partial charge >= 0.3 is 5.97 Å². The number of carbonyl (C=O) groups is 1. The first-order chi connectivity index (χ1) is 8.72. The van der Waals surface area contributed by atoms with Gasteiger partial charge in [-0.05, 0) is 37.0 Å². The molecule has 100 valence electrons. The second-order valence-electron chi connectivity index (χ2n) is 4.59. The number of carbonyl (C=O) groups excluding carboxylic acids is 1.